The predicted octanol–water partition coefficient (Wildman–Crippen LogP) is 2.86. The van der Waals surface area contributed by atoms with Crippen LogP contribution < -0.4 is 10.2 Å². The predicted molar refractivity (Wildman–Crippen MR) is 80.2 cm³/mol. The molecule has 1 aromatic carbocycles. The van der Waals surface area contributed by atoms with E-state index in [1.807, 2.05) is 13.0 Å². The molecule has 1 aliphatic rings. The number of benzene rings is 1. The zero-order valence-corrected chi connectivity index (χ0v) is 11.8. The van der Waals surface area contributed by atoms with Crippen LogP contribution in [0.15, 0.2) is 36.5 Å². The number of hydrogen-bond acceptors (Lipinski definition) is 3. The van der Waals surface area contributed by atoms with E-state index in [0.717, 1.165) is 24.2 Å². The first-order valence-corrected chi connectivity index (χ1v) is 6.99. The van der Waals surface area contributed by atoms with E-state index >= 15 is 0 Å². The number of hydrogen-bond donors (Lipinski definition) is 1. The number of rotatable bonds is 3. The summed E-state index contributed by atoms with van der Waals surface area (Å²) >= 11 is 0. The number of carbonyl (C=O) groups is 1. The number of fused-ring (bicyclic) bond motifs is 1. The van der Waals surface area contributed by atoms with Crippen LogP contribution in [0.4, 0.5) is 15.8 Å². The second kappa shape index (κ2) is 5.52. The molecule has 0 spiro atoms. The van der Waals surface area contributed by atoms with Crippen molar-refractivity contribution in [3.05, 3.63) is 53.6 Å². The maximum absolute atomic E-state index is 13.4. The highest BCUT2D eigenvalue weighted by molar-refractivity contribution is 6.06. The van der Waals surface area contributed by atoms with E-state index in [0.29, 0.717) is 17.9 Å². The third kappa shape index (κ3) is 2.59. The molecule has 0 aliphatic carbocycles. The minimum atomic E-state index is -0.331. The molecule has 3 rings (SSSR count). The van der Waals surface area contributed by atoms with Crippen molar-refractivity contribution in [3.63, 3.8) is 0 Å². The van der Waals surface area contributed by atoms with Crippen molar-refractivity contribution in [2.24, 2.45) is 0 Å². The standard InChI is InChI=1S/C16H16FN3O/c1-2-18-13-5-7-19-14(10-13)16(21)20-8-6-11-3-4-12(17)9-15(11)20/h3-5,7,9-10H,2,6,8H2,1H3,(H,18,19). The maximum atomic E-state index is 13.4. The van der Waals surface area contributed by atoms with Gasteiger partial charge in [0.1, 0.15) is 11.5 Å². The Balaban J connectivity index is 1.90. The van der Waals surface area contributed by atoms with Gasteiger partial charge in [-0.1, -0.05) is 6.07 Å². The lowest BCUT2D eigenvalue weighted by molar-refractivity contribution is 0.0984. The Morgan fingerprint density at radius 1 is 1.38 bits per heavy atom. The van der Waals surface area contributed by atoms with Crippen molar-refractivity contribution in [2.75, 3.05) is 23.3 Å². The van der Waals surface area contributed by atoms with Gasteiger partial charge in [-0.3, -0.25) is 9.78 Å². The summed E-state index contributed by atoms with van der Waals surface area (Å²) in [7, 11) is 0. The Hall–Kier alpha value is -2.43. The molecule has 0 atom stereocenters. The third-order valence-electron chi connectivity index (χ3n) is 3.55. The zero-order valence-electron chi connectivity index (χ0n) is 11.8. The van der Waals surface area contributed by atoms with E-state index in [-0.39, 0.29) is 11.7 Å². The summed E-state index contributed by atoms with van der Waals surface area (Å²) < 4.78 is 13.4. The lowest BCUT2D eigenvalue weighted by Gasteiger charge is -2.17. The quantitative estimate of drug-likeness (QED) is 0.943. The third-order valence-corrected chi connectivity index (χ3v) is 3.55. The summed E-state index contributed by atoms with van der Waals surface area (Å²) in [4.78, 5) is 18.3. The van der Waals surface area contributed by atoms with Gasteiger partial charge in [0.05, 0.1) is 5.69 Å². The van der Waals surface area contributed by atoms with Crippen LogP contribution in [-0.4, -0.2) is 24.0 Å². The highest BCUT2D eigenvalue weighted by atomic mass is 19.1. The molecule has 5 heteroatoms. The maximum Gasteiger partial charge on any atom is 0.276 e. The fraction of sp³-hybridized carbons (Fsp3) is 0.250. The summed E-state index contributed by atoms with van der Waals surface area (Å²) in [5.74, 6) is -0.526. The number of aromatic nitrogens is 1. The van der Waals surface area contributed by atoms with E-state index in [9.17, 15) is 9.18 Å². The van der Waals surface area contributed by atoms with Crippen molar-refractivity contribution in [1.82, 2.24) is 4.98 Å². The van der Waals surface area contributed by atoms with Gasteiger partial charge in [0, 0.05) is 25.0 Å². The molecule has 0 bridgehead atoms. The van der Waals surface area contributed by atoms with Gasteiger partial charge in [-0.2, -0.15) is 0 Å². The number of pyridine rings is 1. The van der Waals surface area contributed by atoms with Gasteiger partial charge in [-0.05, 0) is 43.2 Å². The first-order valence-electron chi connectivity index (χ1n) is 6.99. The summed E-state index contributed by atoms with van der Waals surface area (Å²) in [5, 5.41) is 3.15. The second-order valence-electron chi connectivity index (χ2n) is 4.94. The largest absolute Gasteiger partial charge is 0.385 e. The normalized spacial score (nSPS) is 13.1. The zero-order chi connectivity index (χ0) is 14.8. The fourth-order valence-electron chi connectivity index (χ4n) is 2.56. The van der Waals surface area contributed by atoms with Crippen LogP contribution in [-0.2, 0) is 6.42 Å². The van der Waals surface area contributed by atoms with E-state index in [4.69, 9.17) is 0 Å². The van der Waals surface area contributed by atoms with Crippen LogP contribution in [0.3, 0.4) is 0 Å². The second-order valence-corrected chi connectivity index (χ2v) is 4.94. The van der Waals surface area contributed by atoms with Crippen LogP contribution in [0.1, 0.15) is 23.0 Å². The Labute approximate surface area is 122 Å². The van der Waals surface area contributed by atoms with Crippen molar-refractivity contribution in [2.45, 2.75) is 13.3 Å². The lowest BCUT2D eigenvalue weighted by atomic mass is 10.1. The molecule has 1 N–H and O–H groups in total. The SMILES string of the molecule is CCNc1ccnc(C(=O)N2CCc3ccc(F)cc32)c1. The number of halogens is 1. The molecule has 0 unspecified atom stereocenters. The minimum absolute atomic E-state index is 0.195. The van der Waals surface area contributed by atoms with Gasteiger partial charge < -0.3 is 10.2 Å². The summed E-state index contributed by atoms with van der Waals surface area (Å²) in [6, 6.07) is 8.12. The monoisotopic (exact) mass is 285 g/mol. The van der Waals surface area contributed by atoms with Crippen molar-refractivity contribution >= 4 is 17.3 Å². The fourth-order valence-corrected chi connectivity index (χ4v) is 2.56. The van der Waals surface area contributed by atoms with Crippen LogP contribution in [0.2, 0.25) is 0 Å². The van der Waals surface area contributed by atoms with E-state index in [1.54, 1.807) is 23.2 Å². The van der Waals surface area contributed by atoms with Crippen LogP contribution in [0, 0.1) is 5.82 Å². The molecule has 4 nitrogen and oxygen atoms in total. The number of carbonyl (C=O) groups excluding carboxylic acids is 1. The number of anilines is 2. The molecular weight excluding hydrogens is 269 g/mol. The minimum Gasteiger partial charge on any atom is -0.385 e. The number of nitrogens with zero attached hydrogens (tertiary/aromatic N) is 2. The summed E-state index contributed by atoms with van der Waals surface area (Å²) in [6.45, 7) is 3.32. The number of amides is 1. The van der Waals surface area contributed by atoms with Crippen molar-refractivity contribution in [3.8, 4) is 0 Å². The molecule has 2 heterocycles. The molecular formula is C16H16FN3O. The Kier molecular flexibility index (Phi) is 3.56. The van der Waals surface area contributed by atoms with Gasteiger partial charge >= 0.3 is 0 Å². The first-order chi connectivity index (χ1) is 10.2. The average Bonchev–Trinajstić information content (AvgIpc) is 2.90. The van der Waals surface area contributed by atoms with Gasteiger partial charge in [0.25, 0.3) is 5.91 Å². The molecule has 108 valence electrons. The molecule has 1 aliphatic heterocycles. The first kappa shape index (κ1) is 13.5. The van der Waals surface area contributed by atoms with Crippen LogP contribution in [0.5, 0.6) is 0 Å². The van der Waals surface area contributed by atoms with Gasteiger partial charge in [0.2, 0.25) is 0 Å². The average molecular weight is 285 g/mol. The smallest absolute Gasteiger partial charge is 0.276 e. The van der Waals surface area contributed by atoms with Crippen LogP contribution in [0.25, 0.3) is 0 Å². The topological polar surface area (TPSA) is 45.2 Å². The van der Waals surface area contributed by atoms with E-state index in [1.165, 1.54) is 12.1 Å². The Bertz CT molecular complexity index is 687. The Morgan fingerprint density at radius 2 is 2.24 bits per heavy atom. The molecule has 0 saturated heterocycles. The van der Waals surface area contributed by atoms with E-state index in [2.05, 4.69) is 10.3 Å². The summed E-state index contributed by atoms with van der Waals surface area (Å²) in [6.07, 6.45) is 2.35. The lowest BCUT2D eigenvalue weighted by Crippen LogP contribution is -2.29. The Morgan fingerprint density at radius 3 is 3.05 bits per heavy atom. The molecule has 1 amide bonds. The van der Waals surface area contributed by atoms with E-state index < -0.39 is 0 Å². The molecule has 21 heavy (non-hydrogen) atoms. The van der Waals surface area contributed by atoms with Crippen LogP contribution >= 0.6 is 0 Å². The molecule has 0 fully saturated rings. The highest BCUT2D eigenvalue weighted by Crippen LogP contribution is 2.29. The van der Waals surface area contributed by atoms with Gasteiger partial charge in [-0.25, -0.2) is 4.39 Å². The van der Waals surface area contributed by atoms with Gasteiger partial charge in [-0.15, -0.1) is 0 Å². The molecule has 1 aromatic heterocycles. The molecule has 0 saturated carbocycles. The van der Waals surface area contributed by atoms with Crippen molar-refractivity contribution < 1.29 is 9.18 Å². The molecule has 2 aromatic rings. The number of nitrogens with one attached hydrogen (secondary N) is 1. The van der Waals surface area contributed by atoms with Crippen molar-refractivity contribution in [1.29, 1.82) is 0 Å². The van der Waals surface area contributed by atoms with Gasteiger partial charge in [0.15, 0.2) is 0 Å². The highest BCUT2D eigenvalue weighted by Gasteiger charge is 2.26. The molecule has 0 radical (unpaired) electrons. The summed E-state index contributed by atoms with van der Waals surface area (Å²) in [5.41, 5.74) is 2.86.